The van der Waals surface area contributed by atoms with Crippen LogP contribution in [0.2, 0.25) is 0 Å². The first-order valence-corrected chi connectivity index (χ1v) is 11.9. The van der Waals surface area contributed by atoms with E-state index in [1.165, 1.54) is 32.9 Å². The van der Waals surface area contributed by atoms with Gasteiger partial charge >= 0.3 is 0 Å². The number of carbonyl (C=O) groups is 2. The van der Waals surface area contributed by atoms with Crippen molar-refractivity contribution in [3.63, 3.8) is 0 Å². The van der Waals surface area contributed by atoms with Crippen LogP contribution in [0, 0.1) is 0 Å². The highest BCUT2D eigenvalue weighted by molar-refractivity contribution is 8.26. The second-order valence-electron chi connectivity index (χ2n) is 6.25. The second kappa shape index (κ2) is 7.41. The summed E-state index contributed by atoms with van der Waals surface area (Å²) in [7, 11) is -1.50. The van der Waals surface area contributed by atoms with E-state index in [0.717, 1.165) is 4.88 Å². The number of hydrogen-bond donors (Lipinski definition) is 0. The van der Waals surface area contributed by atoms with Crippen LogP contribution in [0.5, 0.6) is 0 Å². The Labute approximate surface area is 166 Å². The number of hydrogen-bond acceptors (Lipinski definition) is 7. The van der Waals surface area contributed by atoms with Crippen LogP contribution in [-0.2, 0) is 19.4 Å². The van der Waals surface area contributed by atoms with E-state index in [4.69, 9.17) is 12.2 Å². The molecule has 140 valence electrons. The lowest BCUT2D eigenvalue weighted by atomic mass is 10.2. The van der Waals surface area contributed by atoms with E-state index in [-0.39, 0.29) is 29.4 Å². The number of likely N-dealkylation sites (N-methyl/N-ethyl adjacent to an activating group) is 1. The van der Waals surface area contributed by atoms with Gasteiger partial charge in [0.1, 0.15) is 10.4 Å². The molecule has 3 heterocycles. The molecule has 0 N–H and O–H groups in total. The highest BCUT2D eigenvalue weighted by Crippen LogP contribution is 2.35. The van der Waals surface area contributed by atoms with Gasteiger partial charge in [-0.3, -0.25) is 14.5 Å². The summed E-state index contributed by atoms with van der Waals surface area (Å²) in [5.41, 5.74) is 0. The van der Waals surface area contributed by atoms with Crippen molar-refractivity contribution in [2.24, 2.45) is 0 Å². The standard InChI is InChI=1S/C16H18N2O4S4/c1-10(14(19)17(2)11-5-7-26(21,22)9-11)18-15(20)13(25-16(18)23)8-12-4-3-6-24-12/h3-4,6,8,10-11H,5,7,9H2,1-2H3/b13-8+/t10-,11-/m1/s1. The van der Waals surface area contributed by atoms with Gasteiger partial charge in [0.05, 0.1) is 16.4 Å². The molecule has 0 aliphatic carbocycles. The van der Waals surface area contributed by atoms with Crippen LogP contribution in [0.1, 0.15) is 18.2 Å². The second-order valence-corrected chi connectivity index (χ2v) is 11.1. The Kier molecular flexibility index (Phi) is 5.57. The Morgan fingerprint density at radius 2 is 2.23 bits per heavy atom. The van der Waals surface area contributed by atoms with Crippen LogP contribution in [0.25, 0.3) is 6.08 Å². The SMILES string of the molecule is C[C@H](C(=O)N(C)[C@@H]1CCS(=O)(=O)C1)N1C(=O)/C(=C\c2cccs2)SC1=S. The van der Waals surface area contributed by atoms with Gasteiger partial charge < -0.3 is 4.90 Å². The van der Waals surface area contributed by atoms with E-state index >= 15 is 0 Å². The molecule has 2 aliphatic rings. The summed E-state index contributed by atoms with van der Waals surface area (Å²) >= 11 is 8.00. The lowest BCUT2D eigenvalue weighted by Crippen LogP contribution is -2.50. The molecule has 2 saturated heterocycles. The van der Waals surface area contributed by atoms with Gasteiger partial charge in [-0.1, -0.05) is 30.0 Å². The summed E-state index contributed by atoms with van der Waals surface area (Å²) in [4.78, 5) is 29.7. The van der Waals surface area contributed by atoms with Crippen molar-refractivity contribution in [3.8, 4) is 0 Å². The third-order valence-corrected chi connectivity index (χ3v) is 8.39. The Morgan fingerprint density at radius 3 is 2.81 bits per heavy atom. The number of thiophene rings is 1. The lowest BCUT2D eigenvalue weighted by Gasteiger charge is -2.30. The van der Waals surface area contributed by atoms with Gasteiger partial charge in [-0.2, -0.15) is 0 Å². The summed E-state index contributed by atoms with van der Waals surface area (Å²) in [6, 6.07) is 2.67. The number of thiocarbonyl (C=S) groups is 1. The third-order valence-electron chi connectivity index (χ3n) is 4.49. The summed E-state index contributed by atoms with van der Waals surface area (Å²) in [5, 5.41) is 1.92. The van der Waals surface area contributed by atoms with Crippen molar-refractivity contribution in [3.05, 3.63) is 27.3 Å². The van der Waals surface area contributed by atoms with Crippen molar-refractivity contribution in [1.29, 1.82) is 0 Å². The normalized spacial score (nSPS) is 25.1. The van der Waals surface area contributed by atoms with Gasteiger partial charge in [-0.15, -0.1) is 11.3 Å². The molecule has 6 nitrogen and oxygen atoms in total. The Bertz CT molecular complexity index is 876. The zero-order valence-corrected chi connectivity index (χ0v) is 17.5. The topological polar surface area (TPSA) is 74.8 Å². The molecule has 2 aliphatic heterocycles. The molecule has 0 saturated carbocycles. The molecule has 1 aromatic rings. The minimum atomic E-state index is -3.09. The van der Waals surface area contributed by atoms with Gasteiger partial charge in [0, 0.05) is 18.0 Å². The summed E-state index contributed by atoms with van der Waals surface area (Å²) < 4.78 is 23.7. The zero-order valence-electron chi connectivity index (χ0n) is 14.2. The number of rotatable bonds is 4. The maximum absolute atomic E-state index is 12.8. The van der Waals surface area contributed by atoms with Gasteiger partial charge in [0.2, 0.25) is 5.91 Å². The number of thioether (sulfide) groups is 1. The van der Waals surface area contributed by atoms with E-state index in [0.29, 0.717) is 15.6 Å². The van der Waals surface area contributed by atoms with Crippen molar-refractivity contribution in [2.75, 3.05) is 18.6 Å². The summed E-state index contributed by atoms with van der Waals surface area (Å²) in [6.45, 7) is 1.63. The zero-order chi connectivity index (χ0) is 19.1. The van der Waals surface area contributed by atoms with Crippen molar-refractivity contribution in [2.45, 2.75) is 25.4 Å². The highest BCUT2D eigenvalue weighted by atomic mass is 32.2. The van der Waals surface area contributed by atoms with E-state index in [2.05, 4.69) is 0 Å². The lowest BCUT2D eigenvalue weighted by molar-refractivity contribution is -0.139. The monoisotopic (exact) mass is 430 g/mol. The highest BCUT2D eigenvalue weighted by Gasteiger charge is 2.41. The molecule has 3 rings (SSSR count). The van der Waals surface area contributed by atoms with Crippen LogP contribution in [0.3, 0.4) is 0 Å². The Hall–Kier alpha value is -1.23. The largest absolute Gasteiger partial charge is 0.340 e. The molecule has 10 heteroatoms. The molecule has 0 unspecified atom stereocenters. The maximum Gasteiger partial charge on any atom is 0.266 e. The molecular weight excluding hydrogens is 412 g/mol. The first-order chi connectivity index (χ1) is 12.2. The van der Waals surface area contributed by atoms with Crippen LogP contribution >= 0.6 is 35.3 Å². The molecule has 0 bridgehead atoms. The molecule has 2 atom stereocenters. The molecule has 2 fully saturated rings. The fraction of sp³-hybridized carbons (Fsp3) is 0.438. The van der Waals surface area contributed by atoms with Gasteiger partial charge in [0.25, 0.3) is 5.91 Å². The van der Waals surface area contributed by atoms with Crippen LogP contribution < -0.4 is 0 Å². The number of amides is 2. The number of carbonyl (C=O) groups excluding carboxylic acids is 2. The van der Waals surface area contributed by atoms with Crippen molar-refractivity contribution in [1.82, 2.24) is 9.80 Å². The van der Waals surface area contributed by atoms with Gasteiger partial charge in [0.15, 0.2) is 9.84 Å². The molecule has 26 heavy (non-hydrogen) atoms. The van der Waals surface area contributed by atoms with E-state index in [9.17, 15) is 18.0 Å². The maximum atomic E-state index is 12.8. The molecule has 0 spiro atoms. The van der Waals surface area contributed by atoms with E-state index in [1.54, 1.807) is 20.0 Å². The third kappa shape index (κ3) is 3.88. The van der Waals surface area contributed by atoms with Crippen LogP contribution in [0.15, 0.2) is 22.4 Å². The van der Waals surface area contributed by atoms with Gasteiger partial charge in [-0.25, -0.2) is 8.42 Å². The molecule has 2 amide bonds. The minimum Gasteiger partial charge on any atom is -0.340 e. The quantitative estimate of drug-likeness (QED) is 0.537. The molecule has 0 radical (unpaired) electrons. The molecule has 1 aromatic heterocycles. The van der Waals surface area contributed by atoms with E-state index in [1.807, 2.05) is 17.5 Å². The number of nitrogens with zero attached hydrogens (tertiary/aromatic N) is 2. The Morgan fingerprint density at radius 1 is 1.50 bits per heavy atom. The van der Waals surface area contributed by atoms with Gasteiger partial charge in [-0.05, 0) is 30.9 Å². The fourth-order valence-corrected chi connectivity index (χ4v) is 6.90. The van der Waals surface area contributed by atoms with E-state index < -0.39 is 15.9 Å². The predicted octanol–water partition coefficient (Wildman–Crippen LogP) is 1.98. The smallest absolute Gasteiger partial charge is 0.266 e. The average molecular weight is 431 g/mol. The fourth-order valence-electron chi connectivity index (χ4n) is 2.98. The average Bonchev–Trinajstić information content (AvgIpc) is 3.27. The number of sulfone groups is 1. The summed E-state index contributed by atoms with van der Waals surface area (Å²) in [6.07, 6.45) is 2.20. The molecular formula is C16H18N2O4S4. The molecule has 0 aromatic carbocycles. The minimum absolute atomic E-state index is 0.0291. The first kappa shape index (κ1) is 19.5. The van der Waals surface area contributed by atoms with Crippen molar-refractivity contribution < 1.29 is 18.0 Å². The summed E-state index contributed by atoms with van der Waals surface area (Å²) in [5.74, 6) is -0.533. The van der Waals surface area contributed by atoms with Crippen LogP contribution in [0.4, 0.5) is 0 Å². The predicted molar refractivity (Wildman–Crippen MR) is 109 cm³/mol. The first-order valence-electron chi connectivity index (χ1n) is 7.97. The Balaban J connectivity index is 1.74. The van der Waals surface area contributed by atoms with Crippen LogP contribution in [-0.4, -0.2) is 65.0 Å². The van der Waals surface area contributed by atoms with Crippen molar-refractivity contribution >= 4 is 67.4 Å².